The van der Waals surface area contributed by atoms with Crippen molar-refractivity contribution in [3.63, 3.8) is 0 Å². The molecule has 9 heteroatoms. The molecule has 29 heavy (non-hydrogen) atoms. The Kier molecular flexibility index (Phi) is 5.91. The van der Waals surface area contributed by atoms with Gasteiger partial charge in [-0.25, -0.2) is 18.2 Å². The lowest BCUT2D eigenvalue weighted by molar-refractivity contribution is -0.143. The lowest BCUT2D eigenvalue weighted by atomic mass is 9.87. The number of carbonyl (C=O) groups is 1. The lowest BCUT2D eigenvalue weighted by Gasteiger charge is -2.19. The third kappa shape index (κ3) is 4.56. The maximum Gasteiger partial charge on any atom is 0.330 e. The summed E-state index contributed by atoms with van der Waals surface area (Å²) in [7, 11) is -3.79. The highest BCUT2D eigenvalue weighted by molar-refractivity contribution is 9.09. The van der Waals surface area contributed by atoms with Crippen molar-refractivity contribution in [3.05, 3.63) is 47.7 Å². The van der Waals surface area contributed by atoms with E-state index in [-0.39, 0.29) is 22.7 Å². The van der Waals surface area contributed by atoms with E-state index in [1.54, 1.807) is 31.2 Å². The van der Waals surface area contributed by atoms with Crippen LogP contribution in [0.2, 0.25) is 0 Å². The Morgan fingerprint density at radius 2 is 1.86 bits per heavy atom. The van der Waals surface area contributed by atoms with Gasteiger partial charge < -0.3 is 10.1 Å². The summed E-state index contributed by atoms with van der Waals surface area (Å²) in [6, 6.07) is 9.43. The summed E-state index contributed by atoms with van der Waals surface area (Å²) in [6.45, 7) is 8.22. The van der Waals surface area contributed by atoms with Gasteiger partial charge >= 0.3 is 5.97 Å². The first-order valence-corrected chi connectivity index (χ1v) is 11.6. The van der Waals surface area contributed by atoms with E-state index in [0.717, 1.165) is 5.56 Å². The molecule has 3 rings (SSSR count). The molecule has 0 amide bonds. The summed E-state index contributed by atoms with van der Waals surface area (Å²) >= 11 is 3.46. The number of ether oxygens (including phenoxy) is 1. The van der Waals surface area contributed by atoms with E-state index < -0.39 is 26.9 Å². The van der Waals surface area contributed by atoms with Crippen LogP contribution in [-0.2, 0) is 25.0 Å². The predicted octanol–water partition coefficient (Wildman–Crippen LogP) is 3.97. The highest BCUT2D eigenvalue weighted by atomic mass is 79.9. The minimum Gasteiger partial charge on any atom is -0.464 e. The summed E-state index contributed by atoms with van der Waals surface area (Å²) in [5.41, 5.74) is 2.18. The molecule has 0 radical (unpaired) electrons. The van der Waals surface area contributed by atoms with E-state index in [0.29, 0.717) is 11.4 Å². The number of anilines is 2. The number of nitrogens with zero attached hydrogens (tertiary/aromatic N) is 1. The Bertz CT molecular complexity index is 1020. The zero-order valence-corrected chi connectivity index (χ0v) is 19.1. The van der Waals surface area contributed by atoms with Gasteiger partial charge in [0.2, 0.25) is 0 Å². The number of esters is 1. The van der Waals surface area contributed by atoms with Crippen LogP contribution in [0.4, 0.5) is 11.5 Å². The van der Waals surface area contributed by atoms with E-state index in [9.17, 15) is 13.2 Å². The van der Waals surface area contributed by atoms with Gasteiger partial charge in [-0.05, 0) is 42.2 Å². The van der Waals surface area contributed by atoms with Crippen molar-refractivity contribution in [2.75, 3.05) is 16.6 Å². The van der Waals surface area contributed by atoms with Gasteiger partial charge in [-0.15, -0.1) is 0 Å². The number of fused-ring (bicyclic) bond motifs is 1. The Morgan fingerprint density at radius 1 is 1.21 bits per heavy atom. The molecule has 1 aromatic heterocycles. The number of carbonyl (C=O) groups excluding carboxylic acids is 1. The number of nitrogens with one attached hydrogen (secondary N) is 2. The Morgan fingerprint density at radius 3 is 2.45 bits per heavy atom. The topological polar surface area (TPSA) is 97.4 Å². The van der Waals surface area contributed by atoms with Crippen LogP contribution in [0.3, 0.4) is 0 Å². The molecule has 0 bridgehead atoms. The first-order valence-electron chi connectivity index (χ1n) is 9.24. The van der Waals surface area contributed by atoms with Gasteiger partial charge in [-0.1, -0.05) is 48.8 Å². The van der Waals surface area contributed by atoms with Crippen molar-refractivity contribution in [1.29, 1.82) is 0 Å². The average Bonchev–Trinajstić information content (AvgIpc) is 2.97. The Balaban J connectivity index is 1.81. The predicted molar refractivity (Wildman–Crippen MR) is 116 cm³/mol. The van der Waals surface area contributed by atoms with Crippen molar-refractivity contribution in [2.45, 2.75) is 48.9 Å². The molecule has 2 N–H and O–H groups in total. The summed E-state index contributed by atoms with van der Waals surface area (Å²) in [5.74, 6) is -0.215. The van der Waals surface area contributed by atoms with Crippen LogP contribution in [0.25, 0.3) is 0 Å². The first kappa shape index (κ1) is 21.6. The first-order chi connectivity index (χ1) is 13.5. The van der Waals surface area contributed by atoms with Crippen LogP contribution < -0.4 is 10.0 Å². The molecule has 2 atom stereocenters. The van der Waals surface area contributed by atoms with Crippen LogP contribution in [-0.4, -0.2) is 32.0 Å². The molecule has 2 unspecified atom stereocenters. The van der Waals surface area contributed by atoms with E-state index in [2.05, 4.69) is 51.7 Å². The highest BCUT2D eigenvalue weighted by Gasteiger charge is 2.38. The van der Waals surface area contributed by atoms with Crippen molar-refractivity contribution in [3.8, 4) is 0 Å². The third-order valence-electron chi connectivity index (χ3n) is 4.60. The maximum absolute atomic E-state index is 12.7. The number of benzene rings is 1. The van der Waals surface area contributed by atoms with E-state index >= 15 is 0 Å². The molecule has 0 spiro atoms. The molecule has 0 fully saturated rings. The molecule has 2 heterocycles. The molecule has 2 aromatic rings. The number of halogens is 1. The van der Waals surface area contributed by atoms with E-state index in [1.807, 2.05) is 12.1 Å². The number of pyridine rings is 1. The van der Waals surface area contributed by atoms with Crippen LogP contribution in [0.1, 0.15) is 43.8 Å². The molecule has 1 aromatic carbocycles. The number of hydrogen-bond acceptors (Lipinski definition) is 6. The van der Waals surface area contributed by atoms with Crippen molar-refractivity contribution < 1.29 is 17.9 Å². The quantitative estimate of drug-likeness (QED) is 0.495. The second-order valence-electron chi connectivity index (χ2n) is 7.78. The molecule has 1 aliphatic rings. The largest absolute Gasteiger partial charge is 0.464 e. The van der Waals surface area contributed by atoms with Gasteiger partial charge in [0.1, 0.15) is 11.9 Å². The second-order valence-corrected chi connectivity index (χ2v) is 10.5. The van der Waals surface area contributed by atoms with Gasteiger partial charge in [-0.2, -0.15) is 0 Å². The summed E-state index contributed by atoms with van der Waals surface area (Å²) in [6.07, 6.45) is 0. The number of rotatable bonds is 5. The molecule has 1 aliphatic heterocycles. The summed E-state index contributed by atoms with van der Waals surface area (Å²) in [4.78, 5) is 16.2. The monoisotopic (exact) mass is 481 g/mol. The van der Waals surface area contributed by atoms with Gasteiger partial charge in [0.15, 0.2) is 0 Å². The number of hydrogen-bond donors (Lipinski definition) is 2. The van der Waals surface area contributed by atoms with Crippen LogP contribution in [0.5, 0.6) is 0 Å². The van der Waals surface area contributed by atoms with E-state index in [1.165, 1.54) is 0 Å². The number of aromatic nitrogens is 1. The molecule has 7 nitrogen and oxygen atoms in total. The molecular formula is C20H24BrN3O4S. The fourth-order valence-corrected chi connectivity index (χ4v) is 4.70. The second kappa shape index (κ2) is 7.95. The third-order valence-corrected chi connectivity index (χ3v) is 6.93. The standard InChI is InChI=1S/C20H24BrN3O4S/c1-5-28-19(25)18-16(21)17-14(22-18)10-11-15(23-17)24-29(26,27)13-8-6-12(7-9-13)20(2,3)4/h6-11,16,18,22H,5H2,1-4H3,(H,23,24). The molecule has 156 valence electrons. The van der Waals surface area contributed by atoms with Gasteiger partial charge in [0.25, 0.3) is 10.0 Å². The van der Waals surface area contributed by atoms with Gasteiger partial charge in [-0.3, -0.25) is 4.72 Å². The molecule has 0 aliphatic carbocycles. The number of alkyl halides is 1. The van der Waals surface area contributed by atoms with Crippen LogP contribution in [0.15, 0.2) is 41.3 Å². The highest BCUT2D eigenvalue weighted by Crippen LogP contribution is 2.40. The molecule has 0 saturated heterocycles. The smallest absolute Gasteiger partial charge is 0.330 e. The van der Waals surface area contributed by atoms with Gasteiger partial charge in [0.05, 0.1) is 27.7 Å². The Labute approximate surface area is 179 Å². The molecular weight excluding hydrogens is 458 g/mol. The summed E-state index contributed by atoms with van der Waals surface area (Å²) < 4.78 is 33.1. The van der Waals surface area contributed by atoms with E-state index in [4.69, 9.17) is 4.74 Å². The minimum absolute atomic E-state index is 0.0649. The zero-order chi connectivity index (χ0) is 21.4. The molecule has 0 saturated carbocycles. The van der Waals surface area contributed by atoms with Crippen molar-refractivity contribution >= 4 is 43.4 Å². The Hall–Kier alpha value is -2.13. The van der Waals surface area contributed by atoms with Crippen LogP contribution in [0, 0.1) is 0 Å². The number of sulfonamides is 1. The van der Waals surface area contributed by atoms with Crippen LogP contribution >= 0.6 is 15.9 Å². The zero-order valence-electron chi connectivity index (χ0n) is 16.7. The minimum atomic E-state index is -3.79. The van der Waals surface area contributed by atoms with Crippen molar-refractivity contribution in [1.82, 2.24) is 4.98 Å². The van der Waals surface area contributed by atoms with Gasteiger partial charge in [0, 0.05) is 0 Å². The average molecular weight is 482 g/mol. The summed E-state index contributed by atoms with van der Waals surface area (Å²) in [5, 5.41) is 3.05. The van der Waals surface area contributed by atoms with Crippen molar-refractivity contribution in [2.24, 2.45) is 0 Å². The normalized spacial score (nSPS) is 18.7. The lowest BCUT2D eigenvalue weighted by Crippen LogP contribution is -2.30. The fourth-order valence-electron chi connectivity index (χ4n) is 3.00. The fraction of sp³-hybridized carbons (Fsp3) is 0.400. The SMILES string of the molecule is CCOC(=O)C1Nc2ccc(NS(=O)(=O)c3ccc(C(C)(C)C)cc3)nc2C1Br. The maximum atomic E-state index is 12.7.